The fourth-order valence-electron chi connectivity index (χ4n) is 2.70. The van der Waals surface area contributed by atoms with Crippen LogP contribution in [0.4, 0.5) is 0 Å². The summed E-state index contributed by atoms with van der Waals surface area (Å²) in [5, 5.41) is 22.3. The van der Waals surface area contributed by atoms with Gasteiger partial charge in [-0.1, -0.05) is 41.5 Å². The van der Waals surface area contributed by atoms with Crippen LogP contribution in [0.2, 0.25) is 0 Å². The lowest BCUT2D eigenvalue weighted by Gasteiger charge is -2.27. The monoisotopic (exact) mass is 354 g/mol. The first-order valence-corrected chi connectivity index (χ1v) is 8.48. The van der Waals surface area contributed by atoms with Crippen LogP contribution >= 0.6 is 0 Å². The molecule has 2 rings (SSSR count). The molecule has 0 saturated carbocycles. The summed E-state index contributed by atoms with van der Waals surface area (Å²) in [6.45, 7) is 12.2. The van der Waals surface area contributed by atoms with Gasteiger partial charge >= 0.3 is 0 Å². The Kier molecular flexibility index (Phi) is 4.87. The molecule has 0 aliphatic carbocycles. The maximum absolute atomic E-state index is 12.2. The van der Waals surface area contributed by atoms with Gasteiger partial charge in [0, 0.05) is 18.2 Å². The second-order valence-corrected chi connectivity index (χ2v) is 8.54. The number of nitrogens with one attached hydrogen (secondary N) is 1. The van der Waals surface area contributed by atoms with Gasteiger partial charge in [-0.05, 0) is 34.6 Å². The minimum atomic E-state index is -0.357. The Morgan fingerprint density at radius 1 is 1.15 bits per heavy atom. The SMILES string of the molecule is CN(C#N)C1=NC(=Cc2cc(C(C)(C)C)c(O)c(C(C)(C)C)c2)C(=O)N1. The number of amides is 1. The van der Waals surface area contributed by atoms with Crippen molar-refractivity contribution in [2.45, 2.75) is 52.4 Å². The number of phenolic OH excluding ortho intramolecular Hbond substituents is 1. The molecule has 1 aliphatic heterocycles. The van der Waals surface area contributed by atoms with E-state index >= 15 is 0 Å². The van der Waals surface area contributed by atoms with Crippen LogP contribution in [-0.2, 0) is 15.6 Å². The van der Waals surface area contributed by atoms with Gasteiger partial charge < -0.3 is 5.11 Å². The van der Waals surface area contributed by atoms with Crippen LogP contribution in [0.15, 0.2) is 22.8 Å². The molecule has 2 N–H and O–H groups in total. The molecule has 26 heavy (non-hydrogen) atoms. The first kappa shape index (κ1) is 19.5. The molecule has 1 aliphatic rings. The van der Waals surface area contributed by atoms with Gasteiger partial charge in [0.05, 0.1) is 0 Å². The Hall–Kier alpha value is -2.81. The molecule has 6 heteroatoms. The van der Waals surface area contributed by atoms with E-state index in [1.54, 1.807) is 6.08 Å². The van der Waals surface area contributed by atoms with E-state index in [1.165, 1.54) is 11.9 Å². The van der Waals surface area contributed by atoms with Gasteiger partial charge in [0.15, 0.2) is 6.19 Å². The third-order valence-electron chi connectivity index (χ3n) is 4.20. The Labute approximate surface area is 154 Å². The summed E-state index contributed by atoms with van der Waals surface area (Å²) < 4.78 is 0. The summed E-state index contributed by atoms with van der Waals surface area (Å²) in [6, 6.07) is 3.76. The number of nitrogens with zero attached hydrogens (tertiary/aromatic N) is 3. The number of carbonyl (C=O) groups excluding carboxylic acids is 1. The van der Waals surface area contributed by atoms with Gasteiger partial charge in [-0.3, -0.25) is 15.0 Å². The van der Waals surface area contributed by atoms with E-state index in [0.717, 1.165) is 16.7 Å². The maximum atomic E-state index is 12.2. The highest BCUT2D eigenvalue weighted by Gasteiger charge is 2.27. The Bertz CT molecular complexity index is 811. The van der Waals surface area contributed by atoms with E-state index in [-0.39, 0.29) is 34.1 Å². The van der Waals surface area contributed by atoms with Crippen molar-refractivity contribution in [2.75, 3.05) is 7.05 Å². The molecule has 0 unspecified atom stereocenters. The van der Waals surface area contributed by atoms with Crippen LogP contribution in [0.3, 0.4) is 0 Å². The van der Waals surface area contributed by atoms with Crippen molar-refractivity contribution < 1.29 is 9.90 Å². The molecule has 0 fully saturated rings. The summed E-state index contributed by atoms with van der Waals surface area (Å²) >= 11 is 0. The molecule has 0 atom stereocenters. The van der Waals surface area contributed by atoms with Crippen molar-refractivity contribution in [2.24, 2.45) is 4.99 Å². The molecule has 0 spiro atoms. The number of hydrogen-bond donors (Lipinski definition) is 2. The second kappa shape index (κ2) is 6.49. The highest BCUT2D eigenvalue weighted by atomic mass is 16.3. The number of phenols is 1. The molecule has 1 aromatic rings. The van der Waals surface area contributed by atoms with Gasteiger partial charge in [-0.2, -0.15) is 5.26 Å². The Morgan fingerprint density at radius 3 is 2.08 bits per heavy atom. The third kappa shape index (κ3) is 3.88. The number of aromatic hydroxyl groups is 1. The van der Waals surface area contributed by atoms with Crippen LogP contribution in [0.1, 0.15) is 58.2 Å². The number of benzene rings is 1. The number of hydrogen-bond acceptors (Lipinski definition) is 5. The van der Waals surface area contributed by atoms with Crippen molar-refractivity contribution in [1.29, 1.82) is 5.26 Å². The standard InChI is InChI=1S/C20H26N4O2/c1-19(2,3)13-8-12(9-14(16(13)25)20(4,5)6)10-15-17(26)23-18(22-15)24(7)11-21/h8-10,25H,1-7H3,(H,22,23,26). The predicted molar refractivity (Wildman–Crippen MR) is 102 cm³/mol. The molecule has 138 valence electrons. The number of aliphatic imine (C=N–C) groups is 1. The van der Waals surface area contributed by atoms with Gasteiger partial charge in [0.1, 0.15) is 11.4 Å². The van der Waals surface area contributed by atoms with Gasteiger partial charge in [0.25, 0.3) is 5.91 Å². The van der Waals surface area contributed by atoms with Crippen LogP contribution in [-0.4, -0.2) is 28.9 Å². The number of guanidine groups is 1. The van der Waals surface area contributed by atoms with E-state index in [0.29, 0.717) is 0 Å². The molecule has 1 heterocycles. The van der Waals surface area contributed by atoms with E-state index < -0.39 is 0 Å². The molecule has 1 aromatic carbocycles. The van der Waals surface area contributed by atoms with Crippen molar-refractivity contribution >= 4 is 17.9 Å². The van der Waals surface area contributed by atoms with Crippen LogP contribution in [0, 0.1) is 11.5 Å². The second-order valence-electron chi connectivity index (χ2n) is 8.54. The van der Waals surface area contributed by atoms with E-state index in [2.05, 4.69) is 10.3 Å². The Balaban J connectivity index is 2.62. The smallest absolute Gasteiger partial charge is 0.276 e. The zero-order chi connectivity index (χ0) is 19.9. The molecule has 6 nitrogen and oxygen atoms in total. The summed E-state index contributed by atoms with van der Waals surface area (Å²) in [7, 11) is 1.53. The molecule has 0 saturated heterocycles. The molecule has 1 amide bonds. The van der Waals surface area contributed by atoms with Gasteiger partial charge in [-0.15, -0.1) is 0 Å². The summed E-state index contributed by atoms with van der Waals surface area (Å²) in [5.74, 6) is 0.135. The van der Waals surface area contributed by atoms with Crippen molar-refractivity contribution in [3.63, 3.8) is 0 Å². The lowest BCUT2D eigenvalue weighted by molar-refractivity contribution is -0.115. The van der Waals surface area contributed by atoms with Crippen LogP contribution < -0.4 is 5.32 Å². The van der Waals surface area contributed by atoms with E-state index in [4.69, 9.17) is 5.26 Å². The lowest BCUT2D eigenvalue weighted by Crippen LogP contribution is -2.34. The van der Waals surface area contributed by atoms with Crippen molar-refractivity contribution in [3.8, 4) is 11.9 Å². The normalized spacial score (nSPS) is 16.3. The summed E-state index contributed by atoms with van der Waals surface area (Å²) in [4.78, 5) is 17.6. The molecule has 0 radical (unpaired) electrons. The first-order valence-electron chi connectivity index (χ1n) is 8.48. The Morgan fingerprint density at radius 2 is 1.65 bits per heavy atom. The van der Waals surface area contributed by atoms with E-state index in [1.807, 2.05) is 59.9 Å². The summed E-state index contributed by atoms with van der Waals surface area (Å²) in [6.07, 6.45) is 3.58. The largest absolute Gasteiger partial charge is 0.507 e. The highest BCUT2D eigenvalue weighted by Crippen LogP contribution is 2.40. The number of nitriles is 1. The maximum Gasteiger partial charge on any atom is 0.276 e. The van der Waals surface area contributed by atoms with Gasteiger partial charge in [0.2, 0.25) is 5.96 Å². The quantitative estimate of drug-likeness (QED) is 0.460. The van der Waals surface area contributed by atoms with Gasteiger partial charge in [-0.25, -0.2) is 4.99 Å². The van der Waals surface area contributed by atoms with E-state index in [9.17, 15) is 9.90 Å². The van der Waals surface area contributed by atoms with Crippen LogP contribution in [0.5, 0.6) is 5.75 Å². The fourth-order valence-corrected chi connectivity index (χ4v) is 2.70. The summed E-state index contributed by atoms with van der Waals surface area (Å²) in [5.41, 5.74) is 2.12. The molecular weight excluding hydrogens is 328 g/mol. The highest BCUT2D eigenvalue weighted by molar-refractivity contribution is 6.13. The average molecular weight is 354 g/mol. The number of rotatable bonds is 1. The minimum Gasteiger partial charge on any atom is -0.507 e. The topological polar surface area (TPSA) is 88.7 Å². The van der Waals surface area contributed by atoms with Crippen molar-refractivity contribution in [3.05, 3.63) is 34.5 Å². The molecule has 0 bridgehead atoms. The molecular formula is C20H26N4O2. The zero-order valence-electron chi connectivity index (χ0n) is 16.4. The third-order valence-corrected chi connectivity index (χ3v) is 4.20. The lowest BCUT2D eigenvalue weighted by atomic mass is 9.78. The predicted octanol–water partition coefficient (Wildman–Crippen LogP) is 3.23. The van der Waals surface area contributed by atoms with Crippen molar-refractivity contribution in [1.82, 2.24) is 10.2 Å². The fraction of sp³-hybridized carbons (Fsp3) is 0.450. The van der Waals surface area contributed by atoms with Crippen LogP contribution in [0.25, 0.3) is 6.08 Å². The molecule has 0 aromatic heterocycles. The first-order chi connectivity index (χ1) is 11.8. The zero-order valence-corrected chi connectivity index (χ0v) is 16.4. The average Bonchev–Trinajstić information content (AvgIpc) is 2.86. The minimum absolute atomic E-state index is 0.203. The number of carbonyl (C=O) groups is 1.